The molecule has 11 aliphatic carbocycles. The van der Waals surface area contributed by atoms with Crippen LogP contribution in [0.25, 0.3) is 0 Å². The monoisotopic (exact) mass is 2010 g/mol. The van der Waals surface area contributed by atoms with Gasteiger partial charge in [-0.3, -0.25) is 86.3 Å². The van der Waals surface area contributed by atoms with Gasteiger partial charge in [-0.05, 0) is 261 Å². The van der Waals surface area contributed by atoms with Gasteiger partial charge in [0.05, 0.1) is 108 Å². The molecule has 9 saturated carbocycles. The van der Waals surface area contributed by atoms with Gasteiger partial charge >= 0.3 is 71.6 Å². The summed E-state index contributed by atoms with van der Waals surface area (Å²) < 4.78 is 53.5. The number of carbonyl (C=O) groups excluding carboxylic acids is 24. The summed E-state index contributed by atoms with van der Waals surface area (Å²) in [5.41, 5.74) is 1.96. The summed E-state index contributed by atoms with van der Waals surface area (Å²) >= 11 is 0. The molecule has 5 aliphatic heterocycles. The van der Waals surface area contributed by atoms with Gasteiger partial charge in [-0.1, -0.05) is 0 Å². The van der Waals surface area contributed by atoms with Gasteiger partial charge in [0.25, 0.3) is 11.8 Å². The van der Waals surface area contributed by atoms with Crippen molar-refractivity contribution >= 4 is 191 Å². The normalized spacial score (nSPS) is 28.8. The molecule has 732 valence electrons. The zero-order valence-corrected chi connectivity index (χ0v) is 84.6. The summed E-state index contributed by atoms with van der Waals surface area (Å²) in [5.74, 6) is -9.17. The van der Waals surface area contributed by atoms with Crippen molar-refractivity contribution in [2.24, 2.45) is 71.0 Å². The number of ether oxygens (including phenoxy) is 7. The topological polar surface area (TPSA) is 526 Å². The average molecular weight is 2010 g/mol. The first-order chi connectivity index (χ1) is 65.2. The van der Waals surface area contributed by atoms with E-state index in [-0.39, 0.29) is 259 Å². The fraction of sp³-hybridized carbons (Fsp3) is 0.505. The van der Waals surface area contributed by atoms with E-state index in [1.165, 1.54) is 66.7 Å². The lowest BCUT2D eigenvalue weighted by molar-refractivity contribution is -0.156. The number of fused-ring (bicyclic) bond motifs is 16. The summed E-state index contributed by atoms with van der Waals surface area (Å²) in [6.45, 7) is 24.8. The molecule has 18 atom stereocenters. The number of ketones is 10. The number of rotatable bonds is 20. The van der Waals surface area contributed by atoms with Crippen molar-refractivity contribution in [2.45, 2.75) is 221 Å². The van der Waals surface area contributed by atoms with Gasteiger partial charge in [0.1, 0.15) is 34.7 Å². The number of hydrogen-bond acceptors (Lipinski definition) is 34. The molecule has 4 bridgehead atoms. The lowest BCUT2D eigenvalue weighted by Crippen LogP contribution is -2.53. The second kappa shape index (κ2) is 37.7. The number of cyclic esters (lactones) is 10. The molecule has 4 aromatic rings. The van der Waals surface area contributed by atoms with Crippen molar-refractivity contribution in [3.8, 4) is 0 Å². The van der Waals surface area contributed by atoms with Crippen LogP contribution in [0.2, 0.25) is 112 Å². The van der Waals surface area contributed by atoms with Crippen LogP contribution in [0.5, 0.6) is 0 Å². The Morgan fingerprint density at radius 2 is 0.727 bits per heavy atom. The quantitative estimate of drug-likeness (QED) is 0.0273. The third-order valence-electron chi connectivity index (χ3n) is 31.6. The molecule has 5 heterocycles. The van der Waals surface area contributed by atoms with E-state index in [1.807, 2.05) is 26.2 Å². The maximum absolute atomic E-state index is 12.6. The molecule has 12 fully saturated rings. The highest BCUT2D eigenvalue weighted by Gasteiger charge is 2.69. The predicted octanol–water partition coefficient (Wildman–Crippen LogP) is 11.1. The van der Waals surface area contributed by atoms with Crippen molar-refractivity contribution in [2.75, 3.05) is 13.5 Å². The van der Waals surface area contributed by atoms with Gasteiger partial charge in [-0.2, -0.15) is 0 Å². The molecule has 3 saturated heterocycles. The molecular weight excluding hydrogens is 1910 g/mol. The highest BCUT2D eigenvalue weighted by Crippen LogP contribution is 2.67. The first-order valence-electron chi connectivity index (χ1n) is 46.9. The molecule has 2 amide bonds. The first-order valence-corrected chi connectivity index (χ1v) is 64.8. The Balaban J connectivity index is 0.000000126. The van der Waals surface area contributed by atoms with Crippen LogP contribution in [0.3, 0.4) is 0 Å². The van der Waals surface area contributed by atoms with Crippen LogP contribution in [0.15, 0.2) is 72.8 Å². The van der Waals surface area contributed by atoms with E-state index in [0.29, 0.717) is 52.4 Å². The van der Waals surface area contributed by atoms with Crippen LogP contribution in [0, 0.1) is 71.0 Å². The van der Waals surface area contributed by atoms with Gasteiger partial charge in [-0.15, -0.1) is 0 Å². The Labute approximate surface area is 802 Å². The Hall–Kier alpha value is -11.7. The number of amides is 2. The average Bonchev–Trinajstić information content (AvgIpc) is 1.55. The van der Waals surface area contributed by atoms with E-state index < -0.39 is 122 Å². The van der Waals surface area contributed by atoms with E-state index in [4.69, 9.17) is 31.3 Å². The zero-order valence-electron chi connectivity index (χ0n) is 78.6. The van der Waals surface area contributed by atoms with Gasteiger partial charge in [0.15, 0.2) is 73.0 Å². The predicted molar refractivity (Wildman–Crippen MR) is 492 cm³/mol. The number of nitrogens with one attached hydrogen (secondary N) is 2. The number of Topliss-reactive ketones (excluding diaryl/α,β-unsaturated/α-hetero) is 10. The van der Waals surface area contributed by atoms with Crippen LogP contribution in [0.4, 0.5) is 0 Å². The van der Waals surface area contributed by atoms with Crippen LogP contribution >= 0.6 is 0 Å². The van der Waals surface area contributed by atoms with E-state index in [1.54, 1.807) is 0 Å². The number of esters is 12. The van der Waals surface area contributed by atoms with Crippen molar-refractivity contribution in [3.63, 3.8) is 0 Å². The summed E-state index contributed by atoms with van der Waals surface area (Å²) in [6.07, 6.45) is 9.06. The minimum absolute atomic E-state index is 0.00257. The highest BCUT2D eigenvalue weighted by molar-refractivity contribution is 6.90. The third-order valence-corrected chi connectivity index (χ3v) is 58.5. The number of carbonyl (C=O) groups is 24. The highest BCUT2D eigenvalue weighted by atomic mass is 28.4. The van der Waals surface area contributed by atoms with Gasteiger partial charge < -0.3 is 56.1 Å². The molecule has 16 aliphatic rings. The van der Waals surface area contributed by atoms with E-state index in [2.05, 4.69) is 77.2 Å². The van der Waals surface area contributed by atoms with Crippen LogP contribution in [0.1, 0.15) is 233 Å². The summed E-state index contributed by atoms with van der Waals surface area (Å²) in [4.78, 5) is 285. The van der Waals surface area contributed by atoms with Gasteiger partial charge in [-0.25, -0.2) is 28.8 Å². The van der Waals surface area contributed by atoms with Crippen LogP contribution < -0.4 is 10.6 Å². The standard InChI is InChI=1S/C23H32O6Si2.C21H32O6Si2.C20H12N2O7.C20H10O9.C13H20O6Si2/c1-30(2,16-7-10-5-12(16)20-15(25)9-14(24)18(10)20)29-31(3,4)17-8-11-6-13(17)21-19(11)22(26)28-23(21)27;1-28(2,12-5-7-14-16(9-12)19(23)11-18(14)22)27-29(3,4)13-6-8-15-17(10-13)21(25)26-20(15)24;23-15-7-16(24)13-5-9(1-3-11(13)15)17(25)21-8-22-18(26)10-2-4-12-14(6-10)20(28)29-19(12)27;21-15-7-16(22)13-5-9(1-3-11(13)15)17(23)27-8-28-18(24)10-2-4-12-14(6-10)20(26)29-19(12)25;1-20(2,10-6-8(14)5-9(10)15)19-21(3,4)11-7-12(16)18-13(11)17/h10-13,16-21H,5-9H2,1-4H3;12-17H,5-11H2,1-4H3;1-6H,7-8H2,(H,21,25)(H,22,26);1-6H,7-8H2;10-11H,5-7H2,1-4H3. The van der Waals surface area contributed by atoms with E-state index in [0.717, 1.165) is 57.4 Å². The maximum Gasteiger partial charge on any atom is 0.346 e. The van der Waals surface area contributed by atoms with Crippen LogP contribution in [-0.2, 0) is 103 Å². The summed E-state index contributed by atoms with van der Waals surface area (Å²) in [6, 6.07) is 15.8. The number of benzene rings is 4. The minimum Gasteiger partial charge on any atom is -0.455 e. The Bertz CT molecular complexity index is 5620. The lowest BCUT2D eigenvalue weighted by atomic mass is 9.81. The second-order valence-electron chi connectivity index (χ2n) is 42.3. The van der Waals surface area contributed by atoms with Crippen molar-refractivity contribution in [1.29, 1.82) is 0 Å². The second-order valence-corrected chi connectivity index (χ2v) is 68.5. The third kappa shape index (κ3) is 19.5. The van der Waals surface area contributed by atoms with Crippen molar-refractivity contribution < 1.29 is 161 Å². The zero-order chi connectivity index (χ0) is 101. The minimum atomic E-state index is -2.53. The molecule has 20 rings (SSSR count). The Morgan fingerprint density at radius 3 is 1.24 bits per heavy atom. The first kappa shape index (κ1) is 100. The Morgan fingerprint density at radius 1 is 0.324 bits per heavy atom. The molecule has 0 spiro atoms. The summed E-state index contributed by atoms with van der Waals surface area (Å²) in [5, 5.41) is 4.93. The van der Waals surface area contributed by atoms with Crippen molar-refractivity contribution in [3.05, 3.63) is 140 Å². The molecule has 2 N–H and O–H groups in total. The summed E-state index contributed by atoms with van der Waals surface area (Å²) in [7, 11) is -13.4. The lowest BCUT2D eigenvalue weighted by Gasteiger charge is -2.46. The molecule has 4 aromatic carbocycles. The fourth-order valence-electron chi connectivity index (χ4n) is 25.1. The van der Waals surface area contributed by atoms with Crippen molar-refractivity contribution in [1.82, 2.24) is 10.6 Å². The molecule has 18 unspecified atom stereocenters. The molecule has 36 nitrogen and oxygen atoms in total. The molecule has 139 heavy (non-hydrogen) atoms. The smallest absolute Gasteiger partial charge is 0.346 e. The molecule has 0 radical (unpaired) electrons. The van der Waals surface area contributed by atoms with E-state index >= 15 is 0 Å². The van der Waals surface area contributed by atoms with Gasteiger partial charge in [0.2, 0.25) is 6.79 Å². The molecule has 0 aromatic heterocycles. The fourth-order valence-corrected chi connectivity index (χ4v) is 55.8. The molecule has 42 heteroatoms. The maximum atomic E-state index is 12.6. The van der Waals surface area contributed by atoms with Crippen LogP contribution in [-0.4, -0.2) is 205 Å². The largest absolute Gasteiger partial charge is 0.455 e. The van der Waals surface area contributed by atoms with Gasteiger partial charge in [0, 0.05) is 69.0 Å². The Kier molecular flexibility index (Phi) is 27.2. The SMILES string of the molecule is C[Si](C)(O[Si](C)(C)C1CC(=O)OC1=O)C1CC(=O)CC1=O.C[Si](C)(O[Si](C)(C)C1CC2CC1C1C(=O)OC(=O)C21)C1CC2CC1C1C(=O)CC(=O)C21.C[Si](C)(O[Si](C)(C)C1CCC2C(=O)OC(=O)C2C1)C1CCC2C(=O)CC(=O)C2C1.O=C(NCNC(=O)c1ccc2c(c1)C(=O)OC2=O)c1ccc2c(c1)C(=O)CC2=O.O=C(OCOC(=O)c1ccc2c(c1)C(=O)OC2=O)c1ccc2c(c1)C(=O)CC2=O. The number of hydrogen-bond donors (Lipinski definition) is 2. The van der Waals surface area contributed by atoms with E-state index in [9.17, 15) is 115 Å². The molecular formula is C97H106N2O34Si6.